The molecular weight excluding hydrogens is 366 g/mol. The SMILES string of the molecule is COc1cccc(CC(=O)N2CCc3ccc(NC(=O)CCN)cc32)c1.Cl. The second-order valence-corrected chi connectivity index (χ2v) is 6.25. The Morgan fingerprint density at radius 1 is 1.22 bits per heavy atom. The van der Waals surface area contributed by atoms with Crippen molar-refractivity contribution in [3.8, 4) is 5.75 Å². The van der Waals surface area contributed by atoms with Crippen molar-refractivity contribution in [2.45, 2.75) is 19.3 Å². The van der Waals surface area contributed by atoms with Crippen molar-refractivity contribution in [2.24, 2.45) is 5.73 Å². The average molecular weight is 390 g/mol. The number of ether oxygens (including phenoxy) is 1. The molecule has 7 heteroatoms. The highest BCUT2D eigenvalue weighted by Gasteiger charge is 2.25. The molecule has 0 spiro atoms. The van der Waals surface area contributed by atoms with E-state index in [-0.39, 0.29) is 30.6 Å². The number of fused-ring (bicyclic) bond motifs is 1. The van der Waals surface area contributed by atoms with Crippen LogP contribution < -0.4 is 20.7 Å². The molecule has 0 aromatic heterocycles. The summed E-state index contributed by atoms with van der Waals surface area (Å²) < 4.78 is 5.22. The average Bonchev–Trinajstić information content (AvgIpc) is 3.05. The summed E-state index contributed by atoms with van der Waals surface area (Å²) in [5, 5.41) is 2.82. The summed E-state index contributed by atoms with van der Waals surface area (Å²) in [5.74, 6) is 0.643. The summed E-state index contributed by atoms with van der Waals surface area (Å²) in [4.78, 5) is 26.3. The summed E-state index contributed by atoms with van der Waals surface area (Å²) in [7, 11) is 1.61. The Labute approximate surface area is 165 Å². The molecule has 1 aliphatic heterocycles. The van der Waals surface area contributed by atoms with Gasteiger partial charge < -0.3 is 20.7 Å². The number of amides is 2. The number of nitrogens with one attached hydrogen (secondary N) is 1. The van der Waals surface area contributed by atoms with Gasteiger partial charge in [0.1, 0.15) is 5.75 Å². The van der Waals surface area contributed by atoms with Gasteiger partial charge in [-0.05, 0) is 41.8 Å². The van der Waals surface area contributed by atoms with E-state index in [4.69, 9.17) is 10.5 Å². The van der Waals surface area contributed by atoms with Crippen molar-refractivity contribution < 1.29 is 14.3 Å². The molecule has 0 saturated heterocycles. The van der Waals surface area contributed by atoms with Crippen molar-refractivity contribution in [1.29, 1.82) is 0 Å². The molecule has 1 aliphatic rings. The van der Waals surface area contributed by atoms with Gasteiger partial charge >= 0.3 is 0 Å². The third-order valence-corrected chi connectivity index (χ3v) is 4.43. The van der Waals surface area contributed by atoms with Crippen LogP contribution in [0.15, 0.2) is 42.5 Å². The second kappa shape index (κ2) is 9.39. The fourth-order valence-corrected chi connectivity index (χ4v) is 3.12. The summed E-state index contributed by atoms with van der Waals surface area (Å²) in [6, 6.07) is 13.2. The van der Waals surface area contributed by atoms with Crippen molar-refractivity contribution >= 4 is 35.6 Å². The van der Waals surface area contributed by atoms with Gasteiger partial charge in [0.25, 0.3) is 0 Å². The number of carbonyl (C=O) groups excluding carboxylic acids is 2. The number of benzene rings is 2. The minimum absolute atomic E-state index is 0. The van der Waals surface area contributed by atoms with E-state index in [1.165, 1.54) is 0 Å². The quantitative estimate of drug-likeness (QED) is 0.795. The highest BCUT2D eigenvalue weighted by Crippen LogP contribution is 2.31. The number of methoxy groups -OCH3 is 1. The van der Waals surface area contributed by atoms with Crippen LogP contribution in [0.2, 0.25) is 0 Å². The molecule has 144 valence electrons. The fourth-order valence-electron chi connectivity index (χ4n) is 3.12. The normalized spacial score (nSPS) is 12.1. The molecule has 3 N–H and O–H groups in total. The maximum Gasteiger partial charge on any atom is 0.231 e. The van der Waals surface area contributed by atoms with Crippen molar-refractivity contribution in [2.75, 3.05) is 30.4 Å². The summed E-state index contributed by atoms with van der Waals surface area (Å²) >= 11 is 0. The fraction of sp³-hybridized carbons (Fsp3) is 0.300. The lowest BCUT2D eigenvalue weighted by Crippen LogP contribution is -2.30. The van der Waals surface area contributed by atoms with Crippen molar-refractivity contribution in [3.63, 3.8) is 0 Å². The number of halogens is 1. The van der Waals surface area contributed by atoms with E-state index in [0.29, 0.717) is 25.2 Å². The minimum atomic E-state index is -0.125. The maximum absolute atomic E-state index is 12.8. The summed E-state index contributed by atoms with van der Waals surface area (Å²) in [6.07, 6.45) is 1.40. The highest BCUT2D eigenvalue weighted by molar-refractivity contribution is 5.98. The van der Waals surface area contributed by atoms with Gasteiger partial charge in [-0.25, -0.2) is 0 Å². The van der Waals surface area contributed by atoms with Gasteiger partial charge in [0, 0.05) is 30.9 Å². The van der Waals surface area contributed by atoms with Crippen LogP contribution in [0.4, 0.5) is 11.4 Å². The number of hydrogen-bond acceptors (Lipinski definition) is 4. The molecule has 6 nitrogen and oxygen atoms in total. The Balaban J connectivity index is 0.00000261. The summed E-state index contributed by atoms with van der Waals surface area (Å²) in [5.41, 5.74) is 8.98. The number of nitrogens with two attached hydrogens (primary N) is 1. The molecule has 0 bridgehead atoms. The van der Waals surface area contributed by atoms with E-state index in [2.05, 4.69) is 5.32 Å². The van der Waals surface area contributed by atoms with Gasteiger partial charge in [-0.3, -0.25) is 9.59 Å². The monoisotopic (exact) mass is 389 g/mol. The van der Waals surface area contributed by atoms with Gasteiger partial charge in [0.15, 0.2) is 0 Å². The lowest BCUT2D eigenvalue weighted by atomic mass is 10.1. The predicted molar refractivity (Wildman–Crippen MR) is 109 cm³/mol. The largest absolute Gasteiger partial charge is 0.497 e. The van der Waals surface area contributed by atoms with Gasteiger partial charge in [-0.2, -0.15) is 0 Å². The lowest BCUT2D eigenvalue weighted by molar-refractivity contribution is -0.118. The first-order chi connectivity index (χ1) is 12.6. The van der Waals surface area contributed by atoms with Gasteiger partial charge in [-0.15, -0.1) is 12.4 Å². The molecule has 0 fully saturated rings. The Morgan fingerprint density at radius 2 is 2.04 bits per heavy atom. The van der Waals surface area contributed by atoms with Crippen LogP contribution in [0.25, 0.3) is 0 Å². The number of nitrogens with zero attached hydrogens (tertiary/aromatic N) is 1. The zero-order valence-corrected chi connectivity index (χ0v) is 16.1. The van der Waals surface area contributed by atoms with Crippen LogP contribution in [0.5, 0.6) is 5.75 Å². The molecule has 0 aliphatic carbocycles. The van der Waals surface area contributed by atoms with E-state index in [9.17, 15) is 9.59 Å². The smallest absolute Gasteiger partial charge is 0.231 e. The van der Waals surface area contributed by atoms with Crippen LogP contribution >= 0.6 is 12.4 Å². The highest BCUT2D eigenvalue weighted by atomic mass is 35.5. The number of anilines is 2. The van der Waals surface area contributed by atoms with Crippen molar-refractivity contribution in [1.82, 2.24) is 0 Å². The third-order valence-electron chi connectivity index (χ3n) is 4.43. The molecule has 0 unspecified atom stereocenters. The molecule has 2 aromatic carbocycles. The third kappa shape index (κ3) is 4.99. The van der Waals surface area contributed by atoms with Gasteiger partial charge in [0.2, 0.25) is 11.8 Å². The van der Waals surface area contributed by atoms with Crippen molar-refractivity contribution in [3.05, 3.63) is 53.6 Å². The van der Waals surface area contributed by atoms with Gasteiger partial charge in [-0.1, -0.05) is 18.2 Å². The minimum Gasteiger partial charge on any atom is -0.497 e. The van der Waals surface area contributed by atoms with Crippen LogP contribution in [-0.2, 0) is 22.4 Å². The molecule has 0 radical (unpaired) electrons. The van der Waals surface area contributed by atoms with Crippen LogP contribution in [0.1, 0.15) is 17.5 Å². The Bertz CT molecular complexity index is 826. The first-order valence-corrected chi connectivity index (χ1v) is 8.67. The molecule has 2 amide bonds. The van der Waals surface area contributed by atoms with E-state index >= 15 is 0 Å². The first-order valence-electron chi connectivity index (χ1n) is 8.67. The van der Waals surface area contributed by atoms with E-state index in [1.807, 2.05) is 42.5 Å². The first kappa shape index (κ1) is 20.7. The van der Waals surface area contributed by atoms with E-state index in [1.54, 1.807) is 12.0 Å². The molecule has 2 aromatic rings. The predicted octanol–water partition coefficient (Wildman–Crippen LogP) is 2.54. The van der Waals surface area contributed by atoms with E-state index in [0.717, 1.165) is 29.0 Å². The molecule has 0 saturated carbocycles. The number of hydrogen-bond donors (Lipinski definition) is 2. The van der Waals surface area contributed by atoms with Gasteiger partial charge in [0.05, 0.1) is 13.5 Å². The number of carbonyl (C=O) groups is 2. The van der Waals surface area contributed by atoms with E-state index < -0.39 is 0 Å². The van der Waals surface area contributed by atoms with Crippen LogP contribution in [0.3, 0.4) is 0 Å². The van der Waals surface area contributed by atoms with Crippen LogP contribution in [-0.4, -0.2) is 32.0 Å². The Morgan fingerprint density at radius 3 is 2.78 bits per heavy atom. The van der Waals surface area contributed by atoms with Crippen LogP contribution in [0, 0.1) is 0 Å². The molecule has 27 heavy (non-hydrogen) atoms. The Kier molecular flexibility index (Phi) is 7.21. The standard InChI is InChI=1S/C20H23N3O3.ClH/c1-26-17-4-2-3-14(11-17)12-20(25)23-10-8-15-5-6-16(13-18(15)23)22-19(24)7-9-21;/h2-6,11,13H,7-10,12,21H2,1H3,(H,22,24);1H. The lowest BCUT2D eigenvalue weighted by Gasteiger charge is -2.18. The topological polar surface area (TPSA) is 84.7 Å². The maximum atomic E-state index is 12.8. The second-order valence-electron chi connectivity index (χ2n) is 6.25. The zero-order valence-electron chi connectivity index (χ0n) is 15.2. The number of rotatable bonds is 6. The molecule has 3 rings (SSSR count). The zero-order chi connectivity index (χ0) is 18.5. The Hall–Kier alpha value is -2.57. The molecule has 1 heterocycles. The molecule has 0 atom stereocenters. The summed E-state index contributed by atoms with van der Waals surface area (Å²) in [6.45, 7) is 0.959. The molecular formula is C20H24ClN3O3.